The van der Waals surface area contributed by atoms with Crippen LogP contribution in [0.3, 0.4) is 0 Å². The van der Waals surface area contributed by atoms with Crippen LogP contribution < -0.4 is 10.1 Å². The van der Waals surface area contributed by atoms with Gasteiger partial charge in [0.1, 0.15) is 13.2 Å². The first-order chi connectivity index (χ1) is 18.7. The molecule has 5 rings (SSSR count). The zero-order chi connectivity index (χ0) is 26.3. The minimum absolute atomic E-state index is 0.0524. The van der Waals surface area contributed by atoms with Gasteiger partial charge in [0.15, 0.2) is 17.1 Å². The van der Waals surface area contributed by atoms with Crippen molar-refractivity contribution in [2.75, 3.05) is 20.3 Å². The van der Waals surface area contributed by atoms with Gasteiger partial charge in [0.2, 0.25) is 18.1 Å². The number of amides is 1. The third-order valence-electron chi connectivity index (χ3n) is 5.83. The zero-order valence-electron chi connectivity index (χ0n) is 21.0. The molecule has 0 aliphatic carbocycles. The zero-order valence-corrected chi connectivity index (χ0v) is 21.0. The predicted octanol–water partition coefficient (Wildman–Crippen LogP) is 2.75. The molecular weight excluding hydrogens is 490 g/mol. The molecule has 0 fully saturated rings. The van der Waals surface area contributed by atoms with Crippen molar-refractivity contribution in [2.45, 2.75) is 32.7 Å². The van der Waals surface area contributed by atoms with E-state index in [2.05, 4.69) is 25.7 Å². The summed E-state index contributed by atoms with van der Waals surface area (Å²) < 4.78 is 23.9. The van der Waals surface area contributed by atoms with Crippen molar-refractivity contribution in [2.24, 2.45) is 0 Å². The SMILES string of the molecule is COCc1cc(-c2nnc3c4ccccc4c(OCc4ccc(CCOC(C)CNC=O)cn4)nn23)no1. The lowest BCUT2D eigenvalue weighted by atomic mass is 10.2. The average molecular weight is 518 g/mol. The molecule has 1 N–H and O–H groups in total. The van der Waals surface area contributed by atoms with E-state index < -0.39 is 0 Å². The average Bonchev–Trinajstić information content (AvgIpc) is 3.58. The topological polar surface area (TPSA) is 139 Å². The highest BCUT2D eigenvalue weighted by Gasteiger charge is 2.19. The summed E-state index contributed by atoms with van der Waals surface area (Å²) in [6.07, 6.45) is 3.14. The molecule has 1 aromatic carbocycles. The molecule has 0 bridgehead atoms. The lowest BCUT2D eigenvalue weighted by Gasteiger charge is -2.12. The fraction of sp³-hybridized carbons (Fsp3) is 0.308. The summed E-state index contributed by atoms with van der Waals surface area (Å²) >= 11 is 0. The number of benzene rings is 1. The molecule has 196 valence electrons. The molecule has 12 heteroatoms. The van der Waals surface area contributed by atoms with E-state index >= 15 is 0 Å². The molecule has 12 nitrogen and oxygen atoms in total. The second-order valence-corrected chi connectivity index (χ2v) is 8.63. The standard InChI is InChI=1S/C26H27N7O5/c1-17(12-27-16-34)36-10-9-18-7-8-19(28-13-18)14-37-26-22-6-4-3-5-21(22)24-29-30-25(33(24)31-26)23-11-20(15-35-2)38-32-23/h3-8,11,13,16-17H,9-10,12,14-15H2,1-2H3,(H,27,34). The molecule has 5 aromatic rings. The van der Waals surface area contributed by atoms with Crippen LogP contribution in [0.5, 0.6) is 5.88 Å². The van der Waals surface area contributed by atoms with Crippen molar-refractivity contribution in [1.29, 1.82) is 0 Å². The predicted molar refractivity (Wildman–Crippen MR) is 136 cm³/mol. The molecule has 1 atom stereocenters. The van der Waals surface area contributed by atoms with Gasteiger partial charge in [-0.25, -0.2) is 0 Å². The molecule has 0 radical (unpaired) electrons. The van der Waals surface area contributed by atoms with Gasteiger partial charge in [-0.05, 0) is 31.0 Å². The number of rotatable bonds is 13. The van der Waals surface area contributed by atoms with Crippen molar-refractivity contribution in [1.82, 2.24) is 35.3 Å². The molecule has 1 amide bonds. The first-order valence-corrected chi connectivity index (χ1v) is 12.1. The minimum Gasteiger partial charge on any atom is -0.470 e. The Hall–Kier alpha value is -4.42. The number of methoxy groups -OCH3 is 1. The first kappa shape index (κ1) is 25.2. The number of hydrogen-bond donors (Lipinski definition) is 1. The highest BCUT2D eigenvalue weighted by molar-refractivity contribution is 5.96. The Balaban J connectivity index is 1.31. The van der Waals surface area contributed by atoms with Crippen molar-refractivity contribution in [3.63, 3.8) is 0 Å². The van der Waals surface area contributed by atoms with Crippen LogP contribution in [-0.4, -0.2) is 62.7 Å². The number of nitrogens with zero attached hydrogens (tertiary/aromatic N) is 6. The van der Waals surface area contributed by atoms with E-state index in [1.807, 2.05) is 49.5 Å². The Morgan fingerprint density at radius 3 is 2.79 bits per heavy atom. The van der Waals surface area contributed by atoms with Gasteiger partial charge < -0.3 is 24.1 Å². The fourth-order valence-electron chi connectivity index (χ4n) is 3.93. The Morgan fingerprint density at radius 1 is 1.13 bits per heavy atom. The van der Waals surface area contributed by atoms with Gasteiger partial charge in [-0.1, -0.05) is 29.4 Å². The maximum Gasteiger partial charge on any atom is 0.240 e. The van der Waals surface area contributed by atoms with Crippen molar-refractivity contribution < 1.29 is 23.5 Å². The summed E-state index contributed by atoms with van der Waals surface area (Å²) in [4.78, 5) is 14.9. The maximum atomic E-state index is 10.4. The Bertz CT molecular complexity index is 1520. The van der Waals surface area contributed by atoms with E-state index in [1.165, 1.54) is 0 Å². The lowest BCUT2D eigenvalue weighted by molar-refractivity contribution is -0.110. The number of carbonyl (C=O) groups excluding carboxylic acids is 1. The van der Waals surface area contributed by atoms with Gasteiger partial charge in [-0.3, -0.25) is 9.78 Å². The molecule has 0 aliphatic heterocycles. The number of ether oxygens (including phenoxy) is 3. The monoisotopic (exact) mass is 517 g/mol. The summed E-state index contributed by atoms with van der Waals surface area (Å²) in [6, 6.07) is 13.4. The quantitative estimate of drug-likeness (QED) is 0.232. The number of fused-ring (bicyclic) bond motifs is 3. The Kier molecular flexibility index (Phi) is 7.81. The highest BCUT2D eigenvalue weighted by atomic mass is 16.5. The third kappa shape index (κ3) is 5.61. The molecule has 0 aliphatic rings. The summed E-state index contributed by atoms with van der Waals surface area (Å²) in [5.74, 6) is 1.43. The molecule has 0 spiro atoms. The van der Waals surface area contributed by atoms with Crippen LogP contribution in [0, 0.1) is 0 Å². The number of aromatic nitrogens is 6. The van der Waals surface area contributed by atoms with Gasteiger partial charge in [-0.2, -0.15) is 4.52 Å². The van der Waals surface area contributed by atoms with E-state index in [4.69, 9.17) is 23.8 Å². The van der Waals surface area contributed by atoms with E-state index in [-0.39, 0.29) is 12.7 Å². The smallest absolute Gasteiger partial charge is 0.240 e. The maximum absolute atomic E-state index is 10.4. The number of pyridine rings is 1. The Morgan fingerprint density at radius 2 is 2.00 bits per heavy atom. The summed E-state index contributed by atoms with van der Waals surface area (Å²) in [5, 5.41) is 21.7. The highest BCUT2D eigenvalue weighted by Crippen LogP contribution is 2.29. The van der Waals surface area contributed by atoms with Crippen LogP contribution in [-0.2, 0) is 33.9 Å². The van der Waals surface area contributed by atoms with Crippen LogP contribution in [0.2, 0.25) is 0 Å². The van der Waals surface area contributed by atoms with Crippen LogP contribution in [0.25, 0.3) is 27.9 Å². The van der Waals surface area contributed by atoms with Crippen molar-refractivity contribution >= 4 is 22.8 Å². The Labute approximate surface area is 217 Å². The molecular formula is C26H27N7O5. The van der Waals surface area contributed by atoms with Crippen molar-refractivity contribution in [3.05, 3.63) is 65.7 Å². The van der Waals surface area contributed by atoms with Gasteiger partial charge in [0.25, 0.3) is 0 Å². The van der Waals surface area contributed by atoms with Gasteiger partial charge in [0.05, 0.1) is 18.4 Å². The van der Waals surface area contributed by atoms with Crippen LogP contribution in [0.15, 0.2) is 53.2 Å². The second-order valence-electron chi connectivity index (χ2n) is 8.63. The van der Waals surface area contributed by atoms with E-state index in [0.717, 1.165) is 22.0 Å². The second kappa shape index (κ2) is 11.8. The number of carbonyl (C=O) groups is 1. The molecule has 0 saturated heterocycles. The van der Waals surface area contributed by atoms with E-state index in [0.29, 0.717) is 61.4 Å². The van der Waals surface area contributed by atoms with Crippen LogP contribution in [0.4, 0.5) is 0 Å². The van der Waals surface area contributed by atoms with Gasteiger partial charge in [0, 0.05) is 36.7 Å². The van der Waals surface area contributed by atoms with Crippen LogP contribution in [0.1, 0.15) is 23.9 Å². The van der Waals surface area contributed by atoms with E-state index in [1.54, 1.807) is 17.7 Å². The molecule has 1 unspecified atom stereocenters. The normalized spacial score (nSPS) is 12.2. The molecule has 0 saturated carbocycles. The number of nitrogens with one attached hydrogen (secondary N) is 1. The minimum atomic E-state index is -0.0524. The van der Waals surface area contributed by atoms with Crippen LogP contribution >= 0.6 is 0 Å². The number of hydrogen-bond acceptors (Lipinski definition) is 10. The summed E-state index contributed by atoms with van der Waals surface area (Å²) in [6.45, 7) is 3.46. The fourth-order valence-corrected chi connectivity index (χ4v) is 3.93. The third-order valence-corrected chi connectivity index (χ3v) is 5.83. The molecule has 38 heavy (non-hydrogen) atoms. The molecule has 4 heterocycles. The summed E-state index contributed by atoms with van der Waals surface area (Å²) in [7, 11) is 1.58. The van der Waals surface area contributed by atoms with Gasteiger partial charge in [-0.15, -0.1) is 15.3 Å². The van der Waals surface area contributed by atoms with Crippen molar-refractivity contribution in [3.8, 4) is 17.4 Å². The van der Waals surface area contributed by atoms with Gasteiger partial charge >= 0.3 is 0 Å². The lowest BCUT2D eigenvalue weighted by Crippen LogP contribution is -2.26. The van der Waals surface area contributed by atoms with E-state index in [9.17, 15) is 4.79 Å². The largest absolute Gasteiger partial charge is 0.470 e. The molecule has 4 aromatic heterocycles. The summed E-state index contributed by atoms with van der Waals surface area (Å²) in [5.41, 5.74) is 2.88. The first-order valence-electron chi connectivity index (χ1n) is 12.1.